The summed E-state index contributed by atoms with van der Waals surface area (Å²) in [6.07, 6.45) is 4.30. The molecule has 1 aromatic heterocycles. The summed E-state index contributed by atoms with van der Waals surface area (Å²) in [4.78, 5) is 13.4. The zero-order valence-corrected chi connectivity index (χ0v) is 19.7. The van der Waals surface area contributed by atoms with Gasteiger partial charge in [0.05, 0.1) is 25.3 Å². The molecule has 7 heteroatoms. The van der Waals surface area contributed by atoms with Crippen molar-refractivity contribution in [2.24, 2.45) is 7.05 Å². The Bertz CT molecular complexity index is 1310. The molecule has 0 amide bonds. The lowest BCUT2D eigenvalue weighted by Crippen LogP contribution is -2.19. The quantitative estimate of drug-likeness (QED) is 0.208. The second-order valence-electron chi connectivity index (χ2n) is 7.54. The molecule has 160 valence electrons. The maximum Gasteiger partial charge on any atom is 0.258 e. The average molecular weight is 531 g/mol. The van der Waals surface area contributed by atoms with Gasteiger partial charge in [-0.2, -0.15) is 0 Å². The molecule has 0 saturated heterocycles. The van der Waals surface area contributed by atoms with Crippen LogP contribution < -0.4 is 24.5 Å². The molecule has 0 radical (unpaired) electrons. The fourth-order valence-corrected chi connectivity index (χ4v) is 4.90. The third-order valence-corrected chi connectivity index (χ3v) is 6.68. The van der Waals surface area contributed by atoms with E-state index in [0.717, 1.165) is 56.4 Å². The molecule has 31 heavy (non-hydrogen) atoms. The predicted octanol–water partition coefficient (Wildman–Crippen LogP) is 4.91. The maximum atomic E-state index is 13.4. The molecule has 1 aliphatic carbocycles. The smallest absolute Gasteiger partial charge is 0.258 e. The van der Waals surface area contributed by atoms with Crippen LogP contribution >= 0.6 is 22.6 Å². The fourth-order valence-electron chi connectivity index (χ4n) is 4.46. The molecule has 2 heterocycles. The van der Waals surface area contributed by atoms with E-state index in [1.165, 1.54) is 0 Å². The topological polar surface area (TPSA) is 58.9 Å². The zero-order valence-electron chi connectivity index (χ0n) is 17.6. The molecule has 2 aromatic carbocycles. The lowest BCUT2D eigenvalue weighted by atomic mass is 9.97. The number of methoxy groups -OCH3 is 2. The molecule has 0 N–H and O–H groups in total. The van der Waals surface area contributed by atoms with Crippen LogP contribution in [0.15, 0.2) is 35.1 Å². The molecule has 0 atom stereocenters. The normalized spacial score (nSPS) is 14.8. The number of allylic oxidation sites excluding steroid dienone is 1. The van der Waals surface area contributed by atoms with Gasteiger partial charge in [-0.1, -0.05) is 28.7 Å². The van der Waals surface area contributed by atoms with Crippen molar-refractivity contribution < 1.29 is 18.9 Å². The van der Waals surface area contributed by atoms with Crippen LogP contribution in [0.3, 0.4) is 0 Å². The van der Waals surface area contributed by atoms with Gasteiger partial charge >= 0.3 is 0 Å². The van der Waals surface area contributed by atoms with E-state index in [0.29, 0.717) is 22.6 Å². The third kappa shape index (κ3) is 3.01. The molecular formula is C24H22INO5. The highest BCUT2D eigenvalue weighted by atomic mass is 127. The van der Waals surface area contributed by atoms with Gasteiger partial charge in [0.25, 0.3) is 5.56 Å². The number of fused-ring (bicyclic) bond motifs is 6. The predicted molar refractivity (Wildman–Crippen MR) is 129 cm³/mol. The molecule has 0 unspecified atom stereocenters. The molecule has 0 spiro atoms. The first-order valence-electron chi connectivity index (χ1n) is 10.1. The summed E-state index contributed by atoms with van der Waals surface area (Å²) < 4.78 is 25.1. The van der Waals surface area contributed by atoms with E-state index in [9.17, 15) is 4.79 Å². The van der Waals surface area contributed by atoms with E-state index in [2.05, 4.69) is 28.7 Å². The minimum Gasteiger partial charge on any atom is -0.493 e. The van der Waals surface area contributed by atoms with Gasteiger partial charge in [-0.05, 0) is 52.7 Å². The summed E-state index contributed by atoms with van der Waals surface area (Å²) in [5.74, 6) is 2.58. The van der Waals surface area contributed by atoms with E-state index in [-0.39, 0.29) is 12.4 Å². The Labute approximate surface area is 193 Å². The number of ether oxygens (including phenoxy) is 4. The minimum absolute atomic E-state index is 0.0770. The van der Waals surface area contributed by atoms with Crippen molar-refractivity contribution in [1.82, 2.24) is 4.57 Å². The third-order valence-electron chi connectivity index (χ3n) is 5.91. The highest BCUT2D eigenvalue weighted by molar-refractivity contribution is 14.1. The number of hydrogen-bond acceptors (Lipinski definition) is 5. The lowest BCUT2D eigenvalue weighted by Gasteiger charge is -2.15. The highest BCUT2D eigenvalue weighted by Gasteiger charge is 2.32. The maximum absolute atomic E-state index is 13.4. The molecule has 0 saturated carbocycles. The van der Waals surface area contributed by atoms with E-state index < -0.39 is 0 Å². The first-order chi connectivity index (χ1) is 15.1. The summed E-state index contributed by atoms with van der Waals surface area (Å²) in [6.45, 7) is 0.215. The molecular weight excluding hydrogens is 509 g/mol. The number of rotatable bonds is 5. The molecule has 6 nitrogen and oxygen atoms in total. The van der Waals surface area contributed by atoms with Gasteiger partial charge in [-0.25, -0.2) is 0 Å². The van der Waals surface area contributed by atoms with Crippen molar-refractivity contribution in [2.45, 2.75) is 12.8 Å². The van der Waals surface area contributed by atoms with Crippen molar-refractivity contribution in [3.8, 4) is 34.3 Å². The monoisotopic (exact) mass is 531 g/mol. The Morgan fingerprint density at radius 1 is 1.03 bits per heavy atom. The zero-order chi connectivity index (χ0) is 21.7. The Kier molecular flexibility index (Phi) is 5.08. The van der Waals surface area contributed by atoms with Gasteiger partial charge in [0.15, 0.2) is 23.0 Å². The number of aromatic nitrogens is 1. The number of pyridine rings is 1. The molecule has 1 aliphatic heterocycles. The van der Waals surface area contributed by atoms with Crippen LogP contribution in [-0.4, -0.2) is 30.0 Å². The number of nitrogens with zero attached hydrogens (tertiary/aromatic N) is 1. The fraction of sp³-hybridized carbons (Fsp3) is 0.292. The van der Waals surface area contributed by atoms with Crippen LogP contribution in [0.5, 0.6) is 23.0 Å². The summed E-state index contributed by atoms with van der Waals surface area (Å²) >= 11 is 2.40. The number of halogens is 1. The molecule has 2 aliphatic rings. The van der Waals surface area contributed by atoms with Crippen molar-refractivity contribution in [2.75, 3.05) is 25.4 Å². The van der Waals surface area contributed by atoms with Crippen LogP contribution in [0.2, 0.25) is 0 Å². The van der Waals surface area contributed by atoms with Gasteiger partial charge in [0.2, 0.25) is 6.79 Å². The number of alkyl halides is 1. The average Bonchev–Trinajstić information content (AvgIpc) is 3.37. The lowest BCUT2D eigenvalue weighted by molar-refractivity contribution is 0.174. The Balaban J connectivity index is 1.89. The first kappa shape index (κ1) is 20.2. The Morgan fingerprint density at radius 2 is 1.68 bits per heavy atom. The van der Waals surface area contributed by atoms with Crippen LogP contribution in [-0.2, 0) is 7.05 Å². The van der Waals surface area contributed by atoms with Crippen molar-refractivity contribution in [3.05, 3.63) is 51.8 Å². The van der Waals surface area contributed by atoms with Crippen molar-refractivity contribution in [1.29, 1.82) is 0 Å². The van der Waals surface area contributed by atoms with Crippen LogP contribution in [0.1, 0.15) is 24.0 Å². The van der Waals surface area contributed by atoms with Crippen LogP contribution in [0.25, 0.3) is 27.6 Å². The van der Waals surface area contributed by atoms with Gasteiger partial charge in [-0.3, -0.25) is 4.79 Å². The van der Waals surface area contributed by atoms with E-state index in [1.54, 1.807) is 24.9 Å². The Hall–Kier alpha value is -2.68. The second-order valence-corrected chi connectivity index (χ2v) is 8.62. The number of benzene rings is 2. The molecule has 5 rings (SSSR count). The minimum atomic E-state index is -0.0770. The first-order valence-corrected chi connectivity index (χ1v) is 11.6. The molecule has 3 aromatic rings. The van der Waals surface area contributed by atoms with E-state index in [4.69, 9.17) is 18.9 Å². The van der Waals surface area contributed by atoms with Gasteiger partial charge in [-0.15, -0.1) is 0 Å². The SMILES string of the molecule is COc1cc2c3c(n(C)c(=O)c2cc1OC)-c1cc2c(cc1/C3=C/CCCI)OCO2. The van der Waals surface area contributed by atoms with E-state index >= 15 is 0 Å². The van der Waals surface area contributed by atoms with Crippen LogP contribution in [0.4, 0.5) is 0 Å². The summed E-state index contributed by atoms with van der Waals surface area (Å²) in [7, 11) is 5.00. The van der Waals surface area contributed by atoms with Crippen molar-refractivity contribution >= 4 is 38.9 Å². The Morgan fingerprint density at radius 3 is 2.32 bits per heavy atom. The van der Waals surface area contributed by atoms with Gasteiger partial charge in [0.1, 0.15) is 0 Å². The van der Waals surface area contributed by atoms with Gasteiger partial charge < -0.3 is 23.5 Å². The standard InChI is InChI=1S/C24H22INO5/c1-26-23-16-10-21-20(30-12-31-21)8-14(16)13(6-4-5-7-25)22(23)15-9-18(28-2)19(29-3)11-17(15)24(26)27/h6,8-11H,4-5,7,12H2,1-3H3/b13-6-. The van der Waals surface area contributed by atoms with Crippen molar-refractivity contribution in [3.63, 3.8) is 0 Å². The molecule has 0 fully saturated rings. The molecule has 0 bridgehead atoms. The number of unbranched alkanes of at least 4 members (excludes halogenated alkanes) is 1. The second kappa shape index (κ2) is 7.78. The highest BCUT2D eigenvalue weighted by Crippen LogP contribution is 2.51. The summed E-state index contributed by atoms with van der Waals surface area (Å²) in [5.41, 5.74) is 5.00. The number of hydrogen-bond donors (Lipinski definition) is 0. The van der Waals surface area contributed by atoms with Gasteiger partial charge in [0, 0.05) is 23.6 Å². The van der Waals surface area contributed by atoms with E-state index in [1.807, 2.05) is 25.2 Å². The van der Waals surface area contributed by atoms with Crippen LogP contribution in [0, 0.1) is 0 Å². The summed E-state index contributed by atoms with van der Waals surface area (Å²) in [5, 5.41) is 1.46. The summed E-state index contributed by atoms with van der Waals surface area (Å²) in [6, 6.07) is 7.70. The largest absolute Gasteiger partial charge is 0.493 e.